The van der Waals surface area contributed by atoms with Crippen LogP contribution in [0.25, 0.3) is 0 Å². The van der Waals surface area contributed by atoms with Gasteiger partial charge in [-0.3, -0.25) is 4.79 Å². The minimum atomic E-state index is -1.16. The quantitative estimate of drug-likeness (QED) is 0.719. The third-order valence-electron chi connectivity index (χ3n) is 3.21. The van der Waals surface area contributed by atoms with Gasteiger partial charge in [-0.15, -0.1) is 0 Å². The van der Waals surface area contributed by atoms with Crippen LogP contribution in [0.1, 0.15) is 31.7 Å². The lowest BCUT2D eigenvalue weighted by Gasteiger charge is -2.23. The van der Waals surface area contributed by atoms with Crippen molar-refractivity contribution in [2.45, 2.75) is 32.2 Å². The Hall–Kier alpha value is -1.59. The van der Waals surface area contributed by atoms with Gasteiger partial charge in [0.05, 0.1) is 5.92 Å². The highest BCUT2D eigenvalue weighted by Gasteiger charge is 2.28. The predicted molar refractivity (Wildman–Crippen MR) is 80.3 cm³/mol. The molecule has 0 fully saturated rings. The molecule has 1 amide bonds. The number of carboxylic acid groups (broad SMARTS) is 1. The van der Waals surface area contributed by atoms with E-state index in [-0.39, 0.29) is 24.9 Å². The lowest BCUT2D eigenvalue weighted by Crippen LogP contribution is -2.44. The van der Waals surface area contributed by atoms with Gasteiger partial charge >= 0.3 is 5.97 Å². The summed E-state index contributed by atoms with van der Waals surface area (Å²) < 4.78 is 0. The Balaban J connectivity index is 2.92. The first-order valence-electron chi connectivity index (χ1n) is 6.76. The summed E-state index contributed by atoms with van der Waals surface area (Å²) >= 11 is 5.84. The van der Waals surface area contributed by atoms with Gasteiger partial charge in [-0.05, 0) is 23.6 Å². The molecule has 0 heterocycles. The zero-order valence-electron chi connectivity index (χ0n) is 12.0. The topological polar surface area (TPSA) is 86.6 Å². The third kappa shape index (κ3) is 5.02. The van der Waals surface area contributed by atoms with Crippen LogP contribution >= 0.6 is 11.6 Å². The van der Waals surface area contributed by atoms with E-state index in [0.717, 1.165) is 5.56 Å². The fraction of sp³-hybridized carbons (Fsp3) is 0.467. The molecular formula is C15H20ClNO4. The second kappa shape index (κ2) is 8.00. The molecule has 3 N–H and O–H groups in total. The molecule has 5 nitrogen and oxygen atoms in total. The normalized spacial score (nSPS) is 13.8. The summed E-state index contributed by atoms with van der Waals surface area (Å²) in [6, 6.07) is 5.82. The first kappa shape index (κ1) is 17.5. The summed E-state index contributed by atoms with van der Waals surface area (Å²) in [6.45, 7) is 3.48. The van der Waals surface area contributed by atoms with Crippen molar-refractivity contribution >= 4 is 23.5 Å². The molecule has 0 saturated heterocycles. The van der Waals surface area contributed by atoms with Gasteiger partial charge in [-0.2, -0.15) is 0 Å². The highest BCUT2D eigenvalue weighted by atomic mass is 35.5. The molecule has 21 heavy (non-hydrogen) atoms. The summed E-state index contributed by atoms with van der Waals surface area (Å²) in [6.07, 6.45) is -0.0213. The molecule has 0 bridgehead atoms. The summed E-state index contributed by atoms with van der Waals surface area (Å²) in [5.74, 6) is -2.00. The molecule has 1 aromatic rings. The van der Waals surface area contributed by atoms with Gasteiger partial charge in [0.1, 0.15) is 6.04 Å². The van der Waals surface area contributed by atoms with E-state index in [1.807, 2.05) is 13.8 Å². The number of aliphatic carboxylic acids is 1. The van der Waals surface area contributed by atoms with Crippen molar-refractivity contribution < 1.29 is 19.8 Å². The van der Waals surface area contributed by atoms with Crippen molar-refractivity contribution in [1.29, 1.82) is 0 Å². The van der Waals surface area contributed by atoms with Crippen LogP contribution in [0.4, 0.5) is 0 Å². The molecule has 2 atom stereocenters. The Morgan fingerprint density at radius 2 is 1.81 bits per heavy atom. The van der Waals surface area contributed by atoms with E-state index in [1.165, 1.54) is 0 Å². The largest absolute Gasteiger partial charge is 0.480 e. The summed E-state index contributed by atoms with van der Waals surface area (Å²) in [5, 5.41) is 21.0. The van der Waals surface area contributed by atoms with E-state index < -0.39 is 17.9 Å². The first-order valence-corrected chi connectivity index (χ1v) is 7.14. The summed E-state index contributed by atoms with van der Waals surface area (Å²) in [4.78, 5) is 23.4. The number of amides is 1. The van der Waals surface area contributed by atoms with Crippen LogP contribution in [0.3, 0.4) is 0 Å². The number of halogens is 1. The van der Waals surface area contributed by atoms with Crippen LogP contribution in [0.5, 0.6) is 0 Å². The van der Waals surface area contributed by atoms with E-state index in [4.69, 9.17) is 21.8 Å². The Morgan fingerprint density at radius 1 is 1.24 bits per heavy atom. The van der Waals surface area contributed by atoms with Crippen molar-refractivity contribution in [1.82, 2.24) is 5.32 Å². The van der Waals surface area contributed by atoms with Crippen LogP contribution in [0, 0.1) is 5.92 Å². The van der Waals surface area contributed by atoms with E-state index in [9.17, 15) is 9.59 Å². The van der Waals surface area contributed by atoms with E-state index in [0.29, 0.717) is 5.02 Å². The van der Waals surface area contributed by atoms with Crippen molar-refractivity contribution in [2.24, 2.45) is 5.92 Å². The van der Waals surface area contributed by atoms with Gasteiger partial charge in [0.15, 0.2) is 0 Å². The molecule has 1 aromatic carbocycles. The van der Waals surface area contributed by atoms with Crippen LogP contribution in [0.15, 0.2) is 24.3 Å². The molecule has 0 saturated carbocycles. The van der Waals surface area contributed by atoms with Crippen molar-refractivity contribution in [3.05, 3.63) is 34.9 Å². The maximum absolute atomic E-state index is 12.4. The highest BCUT2D eigenvalue weighted by molar-refractivity contribution is 6.30. The molecule has 116 valence electrons. The Labute approximate surface area is 128 Å². The zero-order valence-corrected chi connectivity index (χ0v) is 12.8. The number of nitrogens with one attached hydrogen (secondary N) is 1. The van der Waals surface area contributed by atoms with Gasteiger partial charge in [0.2, 0.25) is 5.91 Å². The standard InChI is InChI=1S/C15H20ClNO4/c1-9(2)13(10-3-5-11(16)6-4-10)14(19)17-12(7-8-18)15(20)21/h3-6,9,12-13,18H,7-8H2,1-2H3,(H,17,19)(H,20,21)/t12-,13?/m0/s1. The molecule has 1 rings (SSSR count). The first-order chi connectivity index (χ1) is 9.86. The smallest absolute Gasteiger partial charge is 0.326 e. The lowest BCUT2D eigenvalue weighted by atomic mass is 9.87. The number of benzene rings is 1. The molecular weight excluding hydrogens is 294 g/mol. The highest BCUT2D eigenvalue weighted by Crippen LogP contribution is 2.26. The lowest BCUT2D eigenvalue weighted by molar-refractivity contribution is -0.142. The SMILES string of the molecule is CC(C)C(C(=O)N[C@@H](CCO)C(=O)O)c1ccc(Cl)cc1. The van der Waals surface area contributed by atoms with Crippen LogP contribution < -0.4 is 5.32 Å². The number of hydrogen-bond acceptors (Lipinski definition) is 3. The Morgan fingerprint density at radius 3 is 2.24 bits per heavy atom. The fourth-order valence-corrected chi connectivity index (χ4v) is 2.28. The number of carbonyl (C=O) groups is 2. The van der Waals surface area contributed by atoms with E-state index in [2.05, 4.69) is 5.32 Å². The molecule has 6 heteroatoms. The van der Waals surface area contributed by atoms with Crippen LogP contribution in [-0.2, 0) is 9.59 Å². The minimum Gasteiger partial charge on any atom is -0.480 e. The number of hydrogen-bond donors (Lipinski definition) is 3. The van der Waals surface area contributed by atoms with Gasteiger partial charge in [0.25, 0.3) is 0 Å². The molecule has 0 aliphatic heterocycles. The average molecular weight is 314 g/mol. The van der Waals surface area contributed by atoms with Crippen molar-refractivity contribution in [2.75, 3.05) is 6.61 Å². The Bertz CT molecular complexity index is 487. The van der Waals surface area contributed by atoms with Gasteiger partial charge in [0, 0.05) is 18.1 Å². The molecule has 0 aliphatic carbocycles. The summed E-state index contributed by atoms with van der Waals surface area (Å²) in [7, 11) is 0. The second-order valence-electron chi connectivity index (χ2n) is 5.18. The number of carbonyl (C=O) groups excluding carboxylic acids is 1. The van der Waals surface area contributed by atoms with Gasteiger partial charge in [-0.25, -0.2) is 4.79 Å². The number of carboxylic acids is 1. The summed E-state index contributed by atoms with van der Waals surface area (Å²) in [5.41, 5.74) is 0.778. The van der Waals surface area contributed by atoms with Gasteiger partial charge < -0.3 is 15.5 Å². The average Bonchev–Trinajstić information content (AvgIpc) is 2.40. The van der Waals surface area contributed by atoms with Crippen LogP contribution in [-0.4, -0.2) is 34.7 Å². The molecule has 0 radical (unpaired) electrons. The monoisotopic (exact) mass is 313 g/mol. The van der Waals surface area contributed by atoms with Crippen LogP contribution in [0.2, 0.25) is 5.02 Å². The maximum atomic E-state index is 12.4. The molecule has 1 unspecified atom stereocenters. The van der Waals surface area contributed by atoms with E-state index >= 15 is 0 Å². The Kier molecular flexibility index (Phi) is 6.65. The number of aliphatic hydroxyl groups is 1. The minimum absolute atomic E-state index is 0.00486. The predicted octanol–water partition coefficient (Wildman–Crippen LogP) is 2.03. The second-order valence-corrected chi connectivity index (χ2v) is 5.62. The van der Waals surface area contributed by atoms with E-state index in [1.54, 1.807) is 24.3 Å². The van der Waals surface area contributed by atoms with Gasteiger partial charge in [-0.1, -0.05) is 37.6 Å². The number of rotatable bonds is 7. The fourth-order valence-electron chi connectivity index (χ4n) is 2.16. The van der Waals surface area contributed by atoms with Crippen molar-refractivity contribution in [3.8, 4) is 0 Å². The maximum Gasteiger partial charge on any atom is 0.326 e. The molecule has 0 aliphatic rings. The zero-order chi connectivity index (χ0) is 16.0. The molecule has 0 aromatic heterocycles. The van der Waals surface area contributed by atoms with Crippen molar-refractivity contribution in [3.63, 3.8) is 0 Å². The molecule has 0 spiro atoms. The third-order valence-corrected chi connectivity index (χ3v) is 3.46. The number of aliphatic hydroxyl groups excluding tert-OH is 1.